The Morgan fingerprint density at radius 1 is 1.00 bits per heavy atom. The maximum Gasteiger partial charge on any atom is 0.0119 e. The summed E-state index contributed by atoms with van der Waals surface area (Å²) < 4.78 is 0. The summed E-state index contributed by atoms with van der Waals surface area (Å²) >= 11 is 0. The molecule has 0 bridgehead atoms. The van der Waals surface area contributed by atoms with Crippen LogP contribution in [0, 0.1) is 11.3 Å². The average Bonchev–Trinajstić information content (AvgIpc) is 3.21. The van der Waals surface area contributed by atoms with Crippen molar-refractivity contribution in [1.82, 2.24) is 10.2 Å². The molecule has 1 heterocycles. The van der Waals surface area contributed by atoms with Gasteiger partial charge >= 0.3 is 0 Å². The van der Waals surface area contributed by atoms with E-state index in [0.717, 1.165) is 18.0 Å². The zero-order valence-electron chi connectivity index (χ0n) is 14.4. The predicted molar refractivity (Wildman–Crippen MR) is 90.6 cm³/mol. The van der Waals surface area contributed by atoms with Crippen molar-refractivity contribution >= 4 is 0 Å². The van der Waals surface area contributed by atoms with E-state index in [1.54, 1.807) is 0 Å². The summed E-state index contributed by atoms with van der Waals surface area (Å²) in [6.07, 6.45) is 14.5. The lowest BCUT2D eigenvalue weighted by Gasteiger charge is -2.40. The molecule has 3 fully saturated rings. The molecule has 1 N–H and O–H groups in total. The van der Waals surface area contributed by atoms with Crippen LogP contribution in [0.3, 0.4) is 0 Å². The van der Waals surface area contributed by atoms with E-state index in [1.807, 2.05) is 0 Å². The van der Waals surface area contributed by atoms with Gasteiger partial charge in [-0.2, -0.15) is 0 Å². The summed E-state index contributed by atoms with van der Waals surface area (Å²) in [4.78, 5) is 2.87. The Kier molecular flexibility index (Phi) is 5.27. The van der Waals surface area contributed by atoms with Gasteiger partial charge in [0, 0.05) is 25.2 Å². The number of likely N-dealkylation sites (tertiary alicyclic amines) is 1. The van der Waals surface area contributed by atoms with Crippen molar-refractivity contribution in [3.8, 4) is 0 Å². The van der Waals surface area contributed by atoms with Crippen LogP contribution in [0.5, 0.6) is 0 Å². The molecule has 122 valence electrons. The molecule has 1 aliphatic heterocycles. The molecule has 1 atom stereocenters. The molecule has 0 aromatic rings. The van der Waals surface area contributed by atoms with Crippen molar-refractivity contribution < 1.29 is 0 Å². The van der Waals surface area contributed by atoms with Crippen LogP contribution < -0.4 is 5.32 Å². The molecule has 0 amide bonds. The topological polar surface area (TPSA) is 15.3 Å². The Morgan fingerprint density at radius 2 is 1.71 bits per heavy atom. The number of nitrogens with zero attached hydrogens (tertiary/aromatic N) is 1. The highest BCUT2D eigenvalue weighted by Crippen LogP contribution is 2.38. The van der Waals surface area contributed by atoms with Gasteiger partial charge in [0.1, 0.15) is 0 Å². The van der Waals surface area contributed by atoms with Gasteiger partial charge in [-0.1, -0.05) is 39.5 Å². The first kappa shape index (κ1) is 15.8. The molecule has 0 spiro atoms. The quantitative estimate of drug-likeness (QED) is 0.738. The second kappa shape index (κ2) is 7.00. The SMILES string of the molecule is CC(C)C1CCCN1CC1(CNC2CC2)CCCCCC1. The molecule has 0 aromatic heterocycles. The van der Waals surface area contributed by atoms with Crippen LogP contribution in [0.1, 0.15) is 78.1 Å². The second-order valence-corrected chi connectivity index (χ2v) is 8.49. The molecule has 21 heavy (non-hydrogen) atoms. The number of hydrogen-bond donors (Lipinski definition) is 1. The zero-order valence-corrected chi connectivity index (χ0v) is 14.4. The van der Waals surface area contributed by atoms with Gasteiger partial charge in [-0.3, -0.25) is 4.90 Å². The smallest absolute Gasteiger partial charge is 0.0119 e. The lowest BCUT2D eigenvalue weighted by Crippen LogP contribution is -2.47. The van der Waals surface area contributed by atoms with Gasteiger partial charge in [0.2, 0.25) is 0 Å². The Hall–Kier alpha value is -0.0800. The van der Waals surface area contributed by atoms with Crippen molar-refractivity contribution in [3.05, 3.63) is 0 Å². The van der Waals surface area contributed by atoms with E-state index in [0.29, 0.717) is 5.41 Å². The Bertz CT molecular complexity index is 314. The first-order valence-electron chi connectivity index (χ1n) is 9.66. The van der Waals surface area contributed by atoms with Crippen LogP contribution in [0.4, 0.5) is 0 Å². The molecule has 2 aliphatic carbocycles. The lowest BCUT2D eigenvalue weighted by molar-refractivity contribution is 0.101. The van der Waals surface area contributed by atoms with E-state index in [2.05, 4.69) is 24.1 Å². The van der Waals surface area contributed by atoms with Crippen LogP contribution in [0.25, 0.3) is 0 Å². The molecule has 2 nitrogen and oxygen atoms in total. The first-order chi connectivity index (χ1) is 10.2. The molecule has 3 aliphatic rings. The summed E-state index contributed by atoms with van der Waals surface area (Å²) in [5.74, 6) is 0.826. The van der Waals surface area contributed by atoms with Gasteiger partial charge in [0.25, 0.3) is 0 Å². The maximum atomic E-state index is 3.89. The molecular formula is C19H36N2. The van der Waals surface area contributed by atoms with Crippen molar-refractivity contribution in [2.45, 2.75) is 90.1 Å². The fraction of sp³-hybridized carbons (Fsp3) is 1.00. The van der Waals surface area contributed by atoms with Gasteiger partial charge in [-0.25, -0.2) is 0 Å². The van der Waals surface area contributed by atoms with Gasteiger partial charge in [0.05, 0.1) is 0 Å². The van der Waals surface area contributed by atoms with Crippen molar-refractivity contribution in [3.63, 3.8) is 0 Å². The van der Waals surface area contributed by atoms with Crippen LogP contribution in [0.2, 0.25) is 0 Å². The highest BCUT2D eigenvalue weighted by Gasteiger charge is 2.38. The normalized spacial score (nSPS) is 30.7. The Balaban J connectivity index is 1.64. The minimum Gasteiger partial charge on any atom is -0.313 e. The van der Waals surface area contributed by atoms with E-state index in [4.69, 9.17) is 0 Å². The van der Waals surface area contributed by atoms with E-state index >= 15 is 0 Å². The van der Waals surface area contributed by atoms with Crippen LogP contribution in [-0.4, -0.2) is 36.6 Å². The predicted octanol–water partition coefficient (Wildman–Crippen LogP) is 4.20. The molecule has 0 aromatic carbocycles. The largest absolute Gasteiger partial charge is 0.313 e. The van der Waals surface area contributed by atoms with Gasteiger partial charge in [-0.15, -0.1) is 0 Å². The van der Waals surface area contributed by atoms with E-state index in [-0.39, 0.29) is 0 Å². The number of rotatable bonds is 6. The molecule has 3 rings (SSSR count). The number of hydrogen-bond acceptors (Lipinski definition) is 2. The monoisotopic (exact) mass is 292 g/mol. The average molecular weight is 293 g/mol. The third-order valence-electron chi connectivity index (χ3n) is 6.23. The van der Waals surface area contributed by atoms with Crippen molar-refractivity contribution in [2.24, 2.45) is 11.3 Å². The second-order valence-electron chi connectivity index (χ2n) is 8.49. The molecule has 1 unspecified atom stereocenters. The highest BCUT2D eigenvalue weighted by molar-refractivity contribution is 4.93. The summed E-state index contributed by atoms with van der Waals surface area (Å²) in [7, 11) is 0. The van der Waals surface area contributed by atoms with Gasteiger partial charge in [0.15, 0.2) is 0 Å². The first-order valence-corrected chi connectivity index (χ1v) is 9.66. The molecule has 2 heteroatoms. The van der Waals surface area contributed by atoms with E-state index in [9.17, 15) is 0 Å². The third kappa shape index (κ3) is 4.22. The highest BCUT2D eigenvalue weighted by atomic mass is 15.2. The summed E-state index contributed by atoms with van der Waals surface area (Å²) in [6.45, 7) is 8.86. The molecule has 1 saturated heterocycles. The van der Waals surface area contributed by atoms with Crippen LogP contribution in [-0.2, 0) is 0 Å². The maximum absolute atomic E-state index is 3.89. The fourth-order valence-electron chi connectivity index (χ4n) is 4.75. The van der Waals surface area contributed by atoms with Crippen molar-refractivity contribution in [2.75, 3.05) is 19.6 Å². The lowest BCUT2D eigenvalue weighted by atomic mass is 9.79. The van der Waals surface area contributed by atoms with E-state index in [1.165, 1.54) is 83.8 Å². The van der Waals surface area contributed by atoms with Gasteiger partial charge in [-0.05, 0) is 56.4 Å². The number of nitrogens with one attached hydrogen (secondary N) is 1. The summed E-state index contributed by atoms with van der Waals surface area (Å²) in [6, 6.07) is 1.72. The Morgan fingerprint density at radius 3 is 2.33 bits per heavy atom. The minimum absolute atomic E-state index is 0.580. The zero-order chi connectivity index (χ0) is 14.7. The standard InChI is InChI=1S/C19H36N2/c1-16(2)18-8-7-13-21(18)15-19(14-20-17-9-10-17)11-5-3-4-6-12-19/h16-18,20H,3-15H2,1-2H3. The minimum atomic E-state index is 0.580. The van der Waals surface area contributed by atoms with Gasteiger partial charge < -0.3 is 5.32 Å². The summed E-state index contributed by atoms with van der Waals surface area (Å²) in [5.41, 5.74) is 0.580. The van der Waals surface area contributed by atoms with Crippen molar-refractivity contribution in [1.29, 1.82) is 0 Å². The Labute approximate surface area is 132 Å². The van der Waals surface area contributed by atoms with E-state index < -0.39 is 0 Å². The third-order valence-corrected chi connectivity index (χ3v) is 6.23. The van der Waals surface area contributed by atoms with Crippen LogP contribution >= 0.6 is 0 Å². The fourth-order valence-corrected chi connectivity index (χ4v) is 4.75. The molecular weight excluding hydrogens is 256 g/mol. The molecule has 2 saturated carbocycles. The summed E-state index contributed by atoms with van der Waals surface area (Å²) in [5, 5.41) is 3.89. The van der Waals surface area contributed by atoms with Crippen LogP contribution in [0.15, 0.2) is 0 Å². The molecule has 0 radical (unpaired) electrons.